The zero-order valence-corrected chi connectivity index (χ0v) is 20.5. The van der Waals surface area contributed by atoms with Crippen LogP contribution in [0.5, 0.6) is 5.75 Å². The minimum absolute atomic E-state index is 0.0376. The van der Waals surface area contributed by atoms with Crippen molar-refractivity contribution in [3.8, 4) is 5.75 Å². The number of ether oxygens (including phenoxy) is 1. The van der Waals surface area contributed by atoms with Crippen LogP contribution < -0.4 is 4.74 Å². The number of rotatable bonds is 10. The van der Waals surface area contributed by atoms with Crippen LogP contribution in [-0.2, 0) is 11.2 Å². The molecular formula is C28H31FN2O3S. The molecule has 1 aliphatic carbocycles. The minimum Gasteiger partial charge on any atom is -0.491 e. The third kappa shape index (κ3) is 6.10. The van der Waals surface area contributed by atoms with E-state index in [0.717, 1.165) is 24.1 Å². The van der Waals surface area contributed by atoms with E-state index in [4.69, 9.17) is 4.74 Å². The second-order valence-electron chi connectivity index (χ2n) is 9.48. The molecular weight excluding hydrogens is 463 g/mol. The molecule has 0 unspecified atom stereocenters. The van der Waals surface area contributed by atoms with E-state index in [2.05, 4.69) is 16.3 Å². The molecule has 3 aromatic rings. The fourth-order valence-corrected chi connectivity index (χ4v) is 5.71. The van der Waals surface area contributed by atoms with E-state index in [1.165, 1.54) is 29.9 Å². The molecule has 184 valence electrons. The lowest BCUT2D eigenvalue weighted by atomic mass is 10.00. The summed E-state index contributed by atoms with van der Waals surface area (Å²) in [6.45, 7) is 2.40. The van der Waals surface area contributed by atoms with E-state index < -0.39 is 6.10 Å². The van der Waals surface area contributed by atoms with Crippen LogP contribution in [0.3, 0.4) is 0 Å². The number of hydrogen-bond donors (Lipinski definition) is 1. The number of thiophene rings is 1. The van der Waals surface area contributed by atoms with Gasteiger partial charge >= 0.3 is 0 Å². The molecule has 2 heterocycles. The van der Waals surface area contributed by atoms with Gasteiger partial charge in [-0.3, -0.25) is 9.69 Å². The fraction of sp³-hybridized carbons (Fsp3) is 0.393. The van der Waals surface area contributed by atoms with Crippen LogP contribution in [0.15, 0.2) is 66.0 Å². The van der Waals surface area contributed by atoms with Gasteiger partial charge in [-0.2, -0.15) is 0 Å². The van der Waals surface area contributed by atoms with Crippen molar-refractivity contribution < 1.29 is 19.0 Å². The predicted molar refractivity (Wildman–Crippen MR) is 135 cm³/mol. The Hall–Kier alpha value is -2.74. The summed E-state index contributed by atoms with van der Waals surface area (Å²) in [6.07, 6.45) is 2.54. The summed E-state index contributed by atoms with van der Waals surface area (Å²) < 4.78 is 19.6. The first-order chi connectivity index (χ1) is 17.1. The molecule has 35 heavy (non-hydrogen) atoms. The summed E-state index contributed by atoms with van der Waals surface area (Å²) in [6, 6.07) is 17.6. The smallest absolute Gasteiger partial charge is 0.237 e. The molecule has 5 rings (SSSR count). The molecule has 1 fully saturated rings. The number of benzene rings is 2. The maximum absolute atomic E-state index is 13.6. The van der Waals surface area contributed by atoms with Crippen molar-refractivity contribution in [2.45, 2.75) is 31.4 Å². The maximum Gasteiger partial charge on any atom is 0.237 e. The van der Waals surface area contributed by atoms with E-state index in [-0.39, 0.29) is 30.9 Å². The van der Waals surface area contributed by atoms with E-state index in [1.807, 2.05) is 35.2 Å². The van der Waals surface area contributed by atoms with Crippen molar-refractivity contribution >= 4 is 17.2 Å². The monoisotopic (exact) mass is 494 g/mol. The molecule has 1 amide bonds. The van der Waals surface area contributed by atoms with Gasteiger partial charge in [0.1, 0.15) is 18.2 Å². The average Bonchev–Trinajstić information content (AvgIpc) is 3.54. The van der Waals surface area contributed by atoms with Gasteiger partial charge in [-0.25, -0.2) is 4.39 Å². The number of carbonyl (C=O) groups is 1. The largest absolute Gasteiger partial charge is 0.491 e. The topological polar surface area (TPSA) is 53.0 Å². The molecule has 0 spiro atoms. The average molecular weight is 495 g/mol. The Labute approximate surface area is 209 Å². The van der Waals surface area contributed by atoms with Crippen LogP contribution in [-0.4, -0.2) is 53.6 Å². The highest BCUT2D eigenvalue weighted by Crippen LogP contribution is 2.35. The first-order valence-corrected chi connectivity index (χ1v) is 13.1. The SMILES string of the molecule is O=C(CN(CC1CC1)C[C@@H](O)c1ccccc1)N1CCc2sccc2[C@H]1COc1cccc(F)c1. The van der Waals surface area contributed by atoms with Gasteiger partial charge in [-0.05, 0) is 59.9 Å². The van der Waals surface area contributed by atoms with E-state index in [9.17, 15) is 14.3 Å². The number of amides is 1. The lowest BCUT2D eigenvalue weighted by Gasteiger charge is -2.37. The molecule has 7 heteroatoms. The molecule has 1 N–H and O–H groups in total. The van der Waals surface area contributed by atoms with Crippen molar-refractivity contribution in [3.63, 3.8) is 0 Å². The normalized spacial score (nSPS) is 18.4. The first-order valence-electron chi connectivity index (χ1n) is 12.3. The zero-order chi connectivity index (χ0) is 24.2. The molecule has 1 aliphatic heterocycles. The van der Waals surface area contributed by atoms with Crippen molar-refractivity contribution in [2.75, 3.05) is 32.8 Å². The number of aliphatic hydroxyl groups is 1. The Morgan fingerprint density at radius 1 is 1.17 bits per heavy atom. The predicted octanol–water partition coefficient (Wildman–Crippen LogP) is 4.84. The van der Waals surface area contributed by atoms with Crippen LogP contribution in [0.4, 0.5) is 4.39 Å². The Morgan fingerprint density at radius 2 is 2.00 bits per heavy atom. The number of halogens is 1. The molecule has 1 saturated carbocycles. The van der Waals surface area contributed by atoms with Crippen LogP contribution in [0.25, 0.3) is 0 Å². The van der Waals surface area contributed by atoms with Gasteiger partial charge in [0.2, 0.25) is 5.91 Å². The standard InChI is InChI=1S/C28H31FN2O3S/c29-22-7-4-8-23(15-22)34-19-25-24-12-14-35-27(24)11-13-31(25)28(33)18-30(16-20-9-10-20)17-26(32)21-5-2-1-3-6-21/h1-8,12,14-15,20,25-26,32H,9-11,13,16-19H2/t25-,26-/m1/s1. The van der Waals surface area contributed by atoms with Crippen LogP contribution in [0, 0.1) is 11.7 Å². The van der Waals surface area contributed by atoms with Gasteiger partial charge in [0, 0.05) is 30.6 Å². The summed E-state index contributed by atoms with van der Waals surface area (Å²) in [7, 11) is 0. The fourth-order valence-electron chi connectivity index (χ4n) is 4.78. The molecule has 2 aromatic carbocycles. The number of aliphatic hydroxyl groups excluding tert-OH is 1. The van der Waals surface area contributed by atoms with Gasteiger partial charge in [-0.1, -0.05) is 36.4 Å². The Balaban J connectivity index is 1.29. The van der Waals surface area contributed by atoms with Crippen molar-refractivity contribution in [1.82, 2.24) is 9.80 Å². The molecule has 0 radical (unpaired) electrons. The van der Waals surface area contributed by atoms with Crippen LogP contribution in [0.1, 0.15) is 41.0 Å². The minimum atomic E-state index is -0.639. The Bertz CT molecular complexity index is 1130. The second-order valence-corrected chi connectivity index (χ2v) is 10.5. The molecule has 2 aliphatic rings. The molecule has 2 atom stereocenters. The number of hydrogen-bond acceptors (Lipinski definition) is 5. The lowest BCUT2D eigenvalue weighted by molar-refractivity contribution is -0.136. The Morgan fingerprint density at radius 3 is 2.77 bits per heavy atom. The van der Waals surface area contributed by atoms with Crippen LogP contribution >= 0.6 is 11.3 Å². The van der Waals surface area contributed by atoms with Crippen LogP contribution in [0.2, 0.25) is 0 Å². The van der Waals surface area contributed by atoms with Gasteiger partial charge in [0.25, 0.3) is 0 Å². The van der Waals surface area contributed by atoms with Crippen molar-refractivity contribution in [3.05, 3.63) is 87.9 Å². The molecule has 5 nitrogen and oxygen atoms in total. The van der Waals surface area contributed by atoms with E-state index in [0.29, 0.717) is 24.8 Å². The van der Waals surface area contributed by atoms with Crippen molar-refractivity contribution in [1.29, 1.82) is 0 Å². The lowest BCUT2D eigenvalue weighted by Crippen LogP contribution is -2.47. The third-order valence-corrected chi connectivity index (χ3v) is 7.80. The number of fused-ring (bicyclic) bond motifs is 1. The number of carbonyl (C=O) groups excluding carboxylic acids is 1. The zero-order valence-electron chi connectivity index (χ0n) is 19.7. The van der Waals surface area contributed by atoms with Gasteiger partial charge in [0.15, 0.2) is 0 Å². The van der Waals surface area contributed by atoms with Gasteiger partial charge < -0.3 is 14.7 Å². The number of nitrogens with zero attached hydrogens (tertiary/aromatic N) is 2. The summed E-state index contributed by atoms with van der Waals surface area (Å²) in [5.74, 6) is 0.752. The summed E-state index contributed by atoms with van der Waals surface area (Å²) in [4.78, 5) is 18.9. The summed E-state index contributed by atoms with van der Waals surface area (Å²) >= 11 is 1.71. The van der Waals surface area contributed by atoms with E-state index >= 15 is 0 Å². The van der Waals surface area contributed by atoms with Gasteiger partial charge in [0.05, 0.1) is 18.7 Å². The highest BCUT2D eigenvalue weighted by molar-refractivity contribution is 7.10. The first kappa shape index (κ1) is 24.0. The maximum atomic E-state index is 13.6. The second kappa shape index (κ2) is 10.9. The molecule has 1 aromatic heterocycles. The highest BCUT2D eigenvalue weighted by atomic mass is 32.1. The Kier molecular flexibility index (Phi) is 7.46. The van der Waals surface area contributed by atoms with Gasteiger partial charge in [-0.15, -0.1) is 11.3 Å². The van der Waals surface area contributed by atoms with Crippen molar-refractivity contribution in [2.24, 2.45) is 5.92 Å². The quantitative estimate of drug-likeness (QED) is 0.438. The molecule has 0 bridgehead atoms. The summed E-state index contributed by atoms with van der Waals surface area (Å²) in [5, 5.41) is 12.9. The third-order valence-electron chi connectivity index (χ3n) is 6.81. The molecule has 0 saturated heterocycles. The highest BCUT2D eigenvalue weighted by Gasteiger charge is 2.34. The summed E-state index contributed by atoms with van der Waals surface area (Å²) in [5.41, 5.74) is 1.98. The van der Waals surface area contributed by atoms with E-state index in [1.54, 1.807) is 23.5 Å².